The summed E-state index contributed by atoms with van der Waals surface area (Å²) in [4.78, 5) is 10.6. The van der Waals surface area contributed by atoms with Crippen molar-refractivity contribution in [2.45, 2.75) is 13.3 Å². The second-order valence-electron chi connectivity index (χ2n) is 3.14. The van der Waals surface area contributed by atoms with E-state index in [-0.39, 0.29) is 10.9 Å². The zero-order valence-corrected chi connectivity index (χ0v) is 9.80. The molecule has 84 valence electrons. The third-order valence-corrected chi connectivity index (χ3v) is 2.64. The lowest BCUT2D eigenvalue weighted by atomic mass is 10.2. The maximum Gasteiger partial charge on any atom is 0.185 e. The third kappa shape index (κ3) is 3.87. The van der Waals surface area contributed by atoms with Gasteiger partial charge in [-0.15, -0.1) is 0 Å². The number of phenolic OH excluding ortho intramolecular Hbond substituents is 1. The normalized spacial score (nSPS) is 9.31. The first-order valence-electron chi connectivity index (χ1n) is 4.81. The number of para-hydroxylation sites is 1. The van der Waals surface area contributed by atoms with Gasteiger partial charge in [-0.05, 0) is 12.1 Å². The molecule has 1 rings (SSSR count). The van der Waals surface area contributed by atoms with Crippen LogP contribution in [0.15, 0.2) is 18.2 Å². The van der Waals surface area contributed by atoms with Gasteiger partial charge < -0.3 is 10.8 Å². The number of hydrogen-bond acceptors (Lipinski definition) is 4. The van der Waals surface area contributed by atoms with Crippen LogP contribution in [-0.2, 0) is 4.79 Å². The molecule has 0 saturated carbocycles. The van der Waals surface area contributed by atoms with E-state index < -0.39 is 0 Å². The number of rotatable bonds is 2. The number of phenols is 1. The van der Waals surface area contributed by atoms with E-state index in [4.69, 9.17) is 5.73 Å². The molecule has 0 unspecified atom stereocenters. The van der Waals surface area contributed by atoms with Crippen LogP contribution in [0.3, 0.4) is 0 Å². The first-order chi connectivity index (χ1) is 7.61. The van der Waals surface area contributed by atoms with Gasteiger partial charge in [0, 0.05) is 19.1 Å². The predicted octanol–water partition coefficient (Wildman–Crippen LogP) is 2.00. The highest BCUT2D eigenvalue weighted by atomic mass is 32.2. The van der Waals surface area contributed by atoms with Crippen LogP contribution in [0.1, 0.15) is 18.9 Å². The number of hydrogen-bond donors (Lipinski definition) is 2. The van der Waals surface area contributed by atoms with Gasteiger partial charge in [0.2, 0.25) is 0 Å². The number of carbonyl (C=O) groups is 1. The molecule has 0 spiro atoms. The second kappa shape index (κ2) is 6.09. The highest BCUT2D eigenvalue weighted by Gasteiger charge is 2.00. The minimum atomic E-state index is 0.0224. The van der Waals surface area contributed by atoms with Crippen LogP contribution < -0.4 is 5.73 Å². The Hall–Kier alpha value is -1.60. The van der Waals surface area contributed by atoms with Gasteiger partial charge in [0.15, 0.2) is 10.9 Å². The van der Waals surface area contributed by atoms with Crippen molar-refractivity contribution in [3.63, 3.8) is 0 Å². The summed E-state index contributed by atoms with van der Waals surface area (Å²) in [6, 6.07) is 5.06. The molecule has 0 amide bonds. The molecule has 0 bridgehead atoms. The van der Waals surface area contributed by atoms with Crippen molar-refractivity contribution in [3.8, 4) is 17.6 Å². The maximum absolute atomic E-state index is 10.6. The summed E-state index contributed by atoms with van der Waals surface area (Å²) in [7, 11) is 0. The van der Waals surface area contributed by atoms with Crippen LogP contribution >= 0.6 is 11.8 Å². The molecule has 0 radical (unpaired) electrons. The Bertz CT molecular complexity index is 446. The van der Waals surface area contributed by atoms with Crippen LogP contribution in [0.2, 0.25) is 0 Å². The molecule has 0 heterocycles. The van der Waals surface area contributed by atoms with Crippen LogP contribution in [0.4, 0.5) is 5.69 Å². The minimum Gasteiger partial charge on any atom is -0.505 e. The molecule has 0 atom stereocenters. The molecule has 1 aromatic rings. The molecule has 3 N–H and O–H groups in total. The highest BCUT2D eigenvalue weighted by Crippen LogP contribution is 2.23. The summed E-state index contributed by atoms with van der Waals surface area (Å²) in [5.74, 6) is 6.40. The van der Waals surface area contributed by atoms with Crippen molar-refractivity contribution < 1.29 is 9.90 Å². The number of aromatic hydroxyl groups is 1. The molecule has 0 aromatic heterocycles. The molecular weight excluding hydrogens is 222 g/mol. The fourth-order valence-corrected chi connectivity index (χ4v) is 1.56. The average molecular weight is 235 g/mol. The Morgan fingerprint density at radius 2 is 2.31 bits per heavy atom. The molecular formula is C12H13NO2S. The maximum atomic E-state index is 10.6. The van der Waals surface area contributed by atoms with Crippen molar-refractivity contribution in [3.05, 3.63) is 23.8 Å². The Labute approximate surface area is 99.0 Å². The van der Waals surface area contributed by atoms with E-state index in [0.29, 0.717) is 23.4 Å². The van der Waals surface area contributed by atoms with Gasteiger partial charge >= 0.3 is 0 Å². The van der Waals surface area contributed by atoms with E-state index in [2.05, 4.69) is 11.8 Å². The van der Waals surface area contributed by atoms with Gasteiger partial charge in [-0.2, -0.15) is 0 Å². The molecule has 3 nitrogen and oxygen atoms in total. The summed E-state index contributed by atoms with van der Waals surface area (Å²) in [6.07, 6.45) is 0.610. The van der Waals surface area contributed by atoms with Crippen LogP contribution in [0.5, 0.6) is 5.75 Å². The summed E-state index contributed by atoms with van der Waals surface area (Å²) < 4.78 is 0. The number of carbonyl (C=O) groups excluding carboxylic acids is 1. The molecule has 0 saturated heterocycles. The Morgan fingerprint density at radius 3 is 3.00 bits per heavy atom. The van der Waals surface area contributed by atoms with Crippen molar-refractivity contribution in [2.24, 2.45) is 0 Å². The van der Waals surface area contributed by atoms with E-state index in [0.717, 1.165) is 0 Å². The summed E-state index contributed by atoms with van der Waals surface area (Å²) >= 11 is 1.25. The molecule has 1 aromatic carbocycles. The Morgan fingerprint density at radius 1 is 1.56 bits per heavy atom. The lowest BCUT2D eigenvalue weighted by molar-refractivity contribution is -0.109. The SMILES string of the molecule is CC(=O)SCCC#Cc1cccc(N)c1O. The van der Waals surface area contributed by atoms with Gasteiger partial charge in [0.1, 0.15) is 0 Å². The zero-order chi connectivity index (χ0) is 12.0. The summed E-state index contributed by atoms with van der Waals surface area (Å²) in [5, 5.41) is 9.65. The van der Waals surface area contributed by atoms with Crippen molar-refractivity contribution >= 4 is 22.6 Å². The fourth-order valence-electron chi connectivity index (χ4n) is 1.07. The third-order valence-electron chi connectivity index (χ3n) is 1.82. The topological polar surface area (TPSA) is 63.3 Å². The molecule has 0 aliphatic rings. The van der Waals surface area contributed by atoms with Gasteiger partial charge in [-0.25, -0.2) is 0 Å². The fraction of sp³-hybridized carbons (Fsp3) is 0.250. The summed E-state index contributed by atoms with van der Waals surface area (Å²) in [5.41, 5.74) is 6.37. The van der Waals surface area contributed by atoms with E-state index in [1.165, 1.54) is 18.7 Å². The summed E-state index contributed by atoms with van der Waals surface area (Å²) in [6.45, 7) is 1.53. The van der Waals surface area contributed by atoms with Gasteiger partial charge in [-0.3, -0.25) is 4.79 Å². The quantitative estimate of drug-likeness (QED) is 0.356. The zero-order valence-electron chi connectivity index (χ0n) is 8.99. The molecule has 0 aliphatic carbocycles. The second-order valence-corrected chi connectivity index (χ2v) is 4.41. The monoisotopic (exact) mass is 235 g/mol. The first-order valence-corrected chi connectivity index (χ1v) is 5.79. The van der Waals surface area contributed by atoms with Crippen molar-refractivity contribution in [1.29, 1.82) is 0 Å². The number of thioether (sulfide) groups is 1. The van der Waals surface area contributed by atoms with Crippen molar-refractivity contribution in [2.75, 3.05) is 11.5 Å². The molecule has 0 fully saturated rings. The lowest BCUT2D eigenvalue weighted by Crippen LogP contribution is -1.87. The van der Waals surface area contributed by atoms with E-state index in [1.807, 2.05) is 0 Å². The lowest BCUT2D eigenvalue weighted by Gasteiger charge is -1.99. The molecule has 4 heteroatoms. The van der Waals surface area contributed by atoms with Gasteiger partial charge in [-0.1, -0.05) is 29.7 Å². The molecule has 16 heavy (non-hydrogen) atoms. The van der Waals surface area contributed by atoms with Crippen LogP contribution in [-0.4, -0.2) is 16.0 Å². The standard InChI is InChI=1S/C12H13NO2S/c1-9(14)16-8-3-2-5-10-6-4-7-11(13)12(10)15/h4,6-7,15H,3,8,13H2,1H3. The average Bonchev–Trinajstić information content (AvgIpc) is 2.23. The van der Waals surface area contributed by atoms with E-state index in [1.54, 1.807) is 18.2 Å². The minimum absolute atomic E-state index is 0.0224. The number of nitrogen functional groups attached to an aromatic ring is 1. The van der Waals surface area contributed by atoms with Gasteiger partial charge in [0.25, 0.3) is 0 Å². The van der Waals surface area contributed by atoms with E-state index >= 15 is 0 Å². The predicted molar refractivity (Wildman–Crippen MR) is 67.2 cm³/mol. The Kier molecular flexibility index (Phi) is 4.74. The highest BCUT2D eigenvalue weighted by molar-refractivity contribution is 8.13. The Balaban J connectivity index is 2.56. The molecule has 0 aliphatic heterocycles. The van der Waals surface area contributed by atoms with Crippen LogP contribution in [0, 0.1) is 11.8 Å². The first kappa shape index (κ1) is 12.5. The van der Waals surface area contributed by atoms with Crippen LogP contribution in [0.25, 0.3) is 0 Å². The van der Waals surface area contributed by atoms with Gasteiger partial charge in [0.05, 0.1) is 11.3 Å². The van der Waals surface area contributed by atoms with Crippen molar-refractivity contribution in [1.82, 2.24) is 0 Å². The van der Waals surface area contributed by atoms with E-state index in [9.17, 15) is 9.90 Å². The number of nitrogens with two attached hydrogens (primary N) is 1. The smallest absolute Gasteiger partial charge is 0.185 e. The number of anilines is 1. The number of benzene rings is 1. The largest absolute Gasteiger partial charge is 0.505 e.